The smallest absolute Gasteiger partial charge is 0.115 e. The molecule has 3 rings (SSSR count). The first kappa shape index (κ1) is 12.3. The second kappa shape index (κ2) is 5.49. The number of fused-ring (bicyclic) bond motifs is 1. The van der Waals surface area contributed by atoms with Crippen molar-refractivity contribution >= 4 is 28.2 Å². The van der Waals surface area contributed by atoms with Gasteiger partial charge in [0.2, 0.25) is 0 Å². The number of anilines is 1. The zero-order chi connectivity index (χ0) is 13.1. The van der Waals surface area contributed by atoms with Crippen LogP contribution in [0.1, 0.15) is 12.8 Å². The lowest BCUT2D eigenvalue weighted by Gasteiger charge is -2.20. The molecule has 2 heterocycles. The lowest BCUT2D eigenvalue weighted by molar-refractivity contribution is 0.135. The van der Waals surface area contributed by atoms with Crippen molar-refractivity contribution in [1.29, 1.82) is 0 Å². The molecular weight excluding hydrogens is 260 g/mol. The molecule has 3 nitrogen and oxygen atoms in total. The fourth-order valence-corrected chi connectivity index (χ4v) is 2.48. The number of halogens is 1. The van der Waals surface area contributed by atoms with E-state index in [0.717, 1.165) is 36.0 Å². The number of pyridine rings is 1. The van der Waals surface area contributed by atoms with Gasteiger partial charge in [0.15, 0.2) is 0 Å². The number of nitrogens with zero attached hydrogens (tertiary/aromatic N) is 1. The predicted octanol–water partition coefficient (Wildman–Crippen LogP) is 3.99. The van der Waals surface area contributed by atoms with Crippen LogP contribution in [-0.4, -0.2) is 17.6 Å². The Morgan fingerprint density at radius 3 is 3.21 bits per heavy atom. The maximum atomic E-state index is 6.14. The lowest BCUT2D eigenvalue weighted by atomic mass is 10.1. The van der Waals surface area contributed by atoms with Gasteiger partial charge in [-0.1, -0.05) is 17.7 Å². The Balaban J connectivity index is 1.81. The molecule has 1 aromatic heterocycles. The number of allylic oxidation sites excluding steroid dienone is 1. The monoisotopic (exact) mass is 274 g/mol. The number of ether oxygens (including phenoxy) is 1. The van der Waals surface area contributed by atoms with Gasteiger partial charge in [0, 0.05) is 16.6 Å². The zero-order valence-corrected chi connectivity index (χ0v) is 11.2. The summed E-state index contributed by atoms with van der Waals surface area (Å²) >= 11 is 6.14. The fraction of sp³-hybridized carbons (Fsp3) is 0.267. The molecule has 0 bridgehead atoms. The molecule has 0 amide bonds. The molecule has 98 valence electrons. The summed E-state index contributed by atoms with van der Waals surface area (Å²) in [6.45, 7) is 0.760. The van der Waals surface area contributed by atoms with Crippen LogP contribution in [0.15, 0.2) is 42.8 Å². The largest absolute Gasteiger partial charge is 0.497 e. The van der Waals surface area contributed by atoms with E-state index in [1.165, 1.54) is 0 Å². The molecule has 1 unspecified atom stereocenters. The minimum Gasteiger partial charge on any atom is -0.497 e. The van der Waals surface area contributed by atoms with Gasteiger partial charge in [-0.2, -0.15) is 0 Å². The van der Waals surface area contributed by atoms with E-state index in [2.05, 4.69) is 10.3 Å². The maximum absolute atomic E-state index is 6.14. The summed E-state index contributed by atoms with van der Waals surface area (Å²) in [5, 5.41) is 5.15. The van der Waals surface area contributed by atoms with Crippen LogP contribution in [-0.2, 0) is 4.74 Å². The average Bonchev–Trinajstić information content (AvgIpc) is 2.45. The van der Waals surface area contributed by atoms with Crippen LogP contribution in [0.3, 0.4) is 0 Å². The van der Waals surface area contributed by atoms with Crippen LogP contribution >= 0.6 is 11.6 Å². The highest BCUT2D eigenvalue weighted by Crippen LogP contribution is 2.26. The molecule has 0 fully saturated rings. The van der Waals surface area contributed by atoms with Crippen molar-refractivity contribution in [2.45, 2.75) is 18.9 Å². The third kappa shape index (κ3) is 2.82. The van der Waals surface area contributed by atoms with Crippen molar-refractivity contribution in [3.63, 3.8) is 0 Å². The minimum absolute atomic E-state index is 0.211. The lowest BCUT2D eigenvalue weighted by Crippen LogP contribution is -2.23. The molecule has 4 heteroatoms. The van der Waals surface area contributed by atoms with E-state index in [1.54, 1.807) is 12.5 Å². The number of hydrogen-bond donors (Lipinski definition) is 1. The normalized spacial score (nSPS) is 18.3. The molecule has 2 aromatic rings. The molecular formula is C15H15ClN2O. The summed E-state index contributed by atoms with van der Waals surface area (Å²) in [7, 11) is 0. The highest BCUT2D eigenvalue weighted by molar-refractivity contribution is 6.31. The maximum Gasteiger partial charge on any atom is 0.115 e. The van der Waals surface area contributed by atoms with E-state index in [4.69, 9.17) is 16.3 Å². The van der Waals surface area contributed by atoms with Crippen LogP contribution in [0.2, 0.25) is 5.02 Å². The predicted molar refractivity (Wildman–Crippen MR) is 78.5 cm³/mol. The summed E-state index contributed by atoms with van der Waals surface area (Å²) in [5.41, 5.74) is 1.90. The summed E-state index contributed by atoms with van der Waals surface area (Å²) < 4.78 is 5.55. The summed E-state index contributed by atoms with van der Waals surface area (Å²) in [5.74, 6) is 0. The van der Waals surface area contributed by atoms with Gasteiger partial charge in [0.1, 0.15) is 6.10 Å². The molecule has 1 atom stereocenters. The topological polar surface area (TPSA) is 34.1 Å². The summed E-state index contributed by atoms with van der Waals surface area (Å²) in [6.07, 6.45) is 7.94. The van der Waals surface area contributed by atoms with Crippen molar-refractivity contribution in [1.82, 2.24) is 4.98 Å². The molecule has 19 heavy (non-hydrogen) atoms. The average molecular weight is 275 g/mol. The van der Waals surface area contributed by atoms with Crippen molar-refractivity contribution < 1.29 is 4.74 Å². The number of hydrogen-bond acceptors (Lipinski definition) is 3. The van der Waals surface area contributed by atoms with Crippen LogP contribution in [0.5, 0.6) is 0 Å². The summed E-state index contributed by atoms with van der Waals surface area (Å²) in [6, 6.07) is 7.77. The number of aromatic nitrogens is 1. The fourth-order valence-electron chi connectivity index (χ4n) is 2.25. The molecule has 1 N–H and O–H groups in total. The van der Waals surface area contributed by atoms with Crippen molar-refractivity contribution in [3.8, 4) is 0 Å². The number of nitrogens with one attached hydrogen (secondary N) is 1. The van der Waals surface area contributed by atoms with Gasteiger partial charge >= 0.3 is 0 Å². The Hall–Kier alpha value is -1.74. The third-order valence-corrected chi connectivity index (χ3v) is 3.43. The zero-order valence-electron chi connectivity index (χ0n) is 10.5. The van der Waals surface area contributed by atoms with Crippen molar-refractivity contribution in [2.24, 2.45) is 0 Å². The van der Waals surface area contributed by atoms with Gasteiger partial charge in [-0.05, 0) is 37.1 Å². The Kier molecular flexibility index (Phi) is 3.56. The van der Waals surface area contributed by atoms with Gasteiger partial charge in [0.25, 0.3) is 0 Å². The SMILES string of the molecule is Clc1cc(NCC2CCC=CO2)c2ncccc2c1. The van der Waals surface area contributed by atoms with Gasteiger partial charge in [-0.15, -0.1) is 0 Å². The quantitative estimate of drug-likeness (QED) is 0.919. The first-order valence-electron chi connectivity index (χ1n) is 6.41. The molecule has 1 aliphatic rings. The van der Waals surface area contributed by atoms with Crippen LogP contribution in [0.4, 0.5) is 5.69 Å². The highest BCUT2D eigenvalue weighted by atomic mass is 35.5. The van der Waals surface area contributed by atoms with E-state index in [1.807, 2.05) is 30.3 Å². The van der Waals surface area contributed by atoms with Crippen molar-refractivity contribution in [3.05, 3.63) is 47.8 Å². The molecule has 1 aliphatic heterocycles. The minimum atomic E-state index is 0.211. The standard InChI is InChI=1S/C15H15ClN2O/c16-12-8-11-4-3-6-17-15(11)14(9-12)18-10-13-5-1-2-7-19-13/h2-4,6-9,13,18H,1,5,10H2. The Labute approximate surface area is 117 Å². The first-order chi connectivity index (χ1) is 9.33. The Morgan fingerprint density at radius 1 is 1.42 bits per heavy atom. The van der Waals surface area contributed by atoms with Gasteiger partial charge in [-0.25, -0.2) is 0 Å². The van der Waals surface area contributed by atoms with Gasteiger partial charge in [-0.3, -0.25) is 4.98 Å². The second-order valence-corrected chi connectivity index (χ2v) is 5.05. The molecule has 1 aromatic carbocycles. The van der Waals surface area contributed by atoms with Gasteiger partial charge < -0.3 is 10.1 Å². The van der Waals surface area contributed by atoms with Crippen LogP contribution in [0.25, 0.3) is 10.9 Å². The molecule has 0 spiro atoms. The van der Waals surface area contributed by atoms with Crippen molar-refractivity contribution in [2.75, 3.05) is 11.9 Å². The highest BCUT2D eigenvalue weighted by Gasteiger charge is 2.12. The van der Waals surface area contributed by atoms with E-state index in [0.29, 0.717) is 5.02 Å². The third-order valence-electron chi connectivity index (χ3n) is 3.21. The van der Waals surface area contributed by atoms with E-state index in [9.17, 15) is 0 Å². The number of benzene rings is 1. The van der Waals surface area contributed by atoms with Gasteiger partial charge in [0.05, 0.1) is 24.0 Å². The Morgan fingerprint density at radius 2 is 2.37 bits per heavy atom. The first-order valence-corrected chi connectivity index (χ1v) is 6.79. The van der Waals surface area contributed by atoms with E-state index >= 15 is 0 Å². The Bertz CT molecular complexity index is 612. The summed E-state index contributed by atoms with van der Waals surface area (Å²) in [4.78, 5) is 4.41. The molecule has 0 saturated heterocycles. The van der Waals surface area contributed by atoms with E-state index < -0.39 is 0 Å². The molecule has 0 radical (unpaired) electrons. The second-order valence-electron chi connectivity index (χ2n) is 4.62. The number of rotatable bonds is 3. The molecule has 0 saturated carbocycles. The van der Waals surface area contributed by atoms with E-state index in [-0.39, 0.29) is 6.10 Å². The van der Waals surface area contributed by atoms with Crippen LogP contribution in [0, 0.1) is 0 Å². The van der Waals surface area contributed by atoms with Crippen LogP contribution < -0.4 is 5.32 Å². The molecule has 0 aliphatic carbocycles.